The van der Waals surface area contributed by atoms with Crippen LogP contribution in [-0.2, 0) is 14.4 Å². The summed E-state index contributed by atoms with van der Waals surface area (Å²) in [7, 11) is 0. The molecule has 0 N–H and O–H groups in total. The zero-order valence-electron chi connectivity index (χ0n) is 15.6. The van der Waals surface area contributed by atoms with Crippen LogP contribution in [0.1, 0.15) is 54.9 Å². The number of hydrogen-bond donors (Lipinski definition) is 0. The molecule has 0 aromatic carbocycles. The van der Waals surface area contributed by atoms with Gasteiger partial charge in [-0.25, -0.2) is 5.92 Å². The molecule has 0 saturated carbocycles. The molecule has 0 rings (SSSR count). The molecule has 0 spiro atoms. The maximum Gasteiger partial charge on any atom is 0.169 e. The van der Waals surface area contributed by atoms with E-state index >= 15 is 0 Å². The monoisotopic (exact) mass is 325 g/mol. The highest BCUT2D eigenvalue weighted by atomic mass is 16.1. The third-order valence-electron chi connectivity index (χ3n) is 2.39. The van der Waals surface area contributed by atoms with Crippen molar-refractivity contribution in [3.8, 4) is 29.6 Å². The van der Waals surface area contributed by atoms with E-state index in [4.69, 9.17) is 6.42 Å². The molecule has 0 atom stereocenters. The maximum atomic E-state index is 11.0. The Morgan fingerprint density at radius 2 is 1.38 bits per heavy atom. The molecule has 3 heteroatoms. The first-order chi connectivity index (χ1) is 11.0. The van der Waals surface area contributed by atoms with Gasteiger partial charge in [0.15, 0.2) is 11.6 Å². The largest absolute Gasteiger partial charge is 0.358 e. The first-order valence-electron chi connectivity index (χ1n) is 7.28. The van der Waals surface area contributed by atoms with Gasteiger partial charge in [-0.2, -0.15) is 5.92 Å². The molecule has 0 aliphatic heterocycles. The van der Waals surface area contributed by atoms with Crippen LogP contribution in [0.2, 0.25) is 0 Å². The molecule has 0 aromatic heterocycles. The van der Waals surface area contributed by atoms with Crippen molar-refractivity contribution in [2.75, 3.05) is 0 Å². The van der Waals surface area contributed by atoms with E-state index in [0.717, 1.165) is 0 Å². The third kappa shape index (κ3) is 19.2. The van der Waals surface area contributed by atoms with Crippen molar-refractivity contribution >= 4 is 17.3 Å². The Kier molecular flexibility index (Phi) is 18.0. The minimum atomic E-state index is -0.105. The minimum Gasteiger partial charge on any atom is -0.358 e. The van der Waals surface area contributed by atoms with E-state index in [1.54, 1.807) is 27.7 Å². The molecule has 24 heavy (non-hydrogen) atoms. The van der Waals surface area contributed by atoms with E-state index < -0.39 is 0 Å². The Hall–Kier alpha value is -2.83. The second kappa shape index (κ2) is 16.5. The highest BCUT2D eigenvalue weighted by Crippen LogP contribution is 2.02. The number of carbonyl (C=O) groups is 3. The fourth-order valence-electron chi connectivity index (χ4n) is 0.758. The van der Waals surface area contributed by atoms with Crippen molar-refractivity contribution in [2.45, 2.75) is 54.9 Å². The summed E-state index contributed by atoms with van der Waals surface area (Å²) in [6.45, 7) is 14.8. The summed E-state index contributed by atoms with van der Waals surface area (Å²) in [5.74, 6) is 12.4. The first kappa shape index (κ1) is 26.1. The predicted octanol–water partition coefficient (Wildman–Crippen LogP) is 3.65. The fraction of sp³-hybridized carbons (Fsp3) is 0.381. The molecule has 128 valence electrons. The lowest BCUT2D eigenvalue weighted by atomic mass is 10.1. The minimum absolute atomic E-state index is 0.0648. The summed E-state index contributed by atoms with van der Waals surface area (Å²) in [5, 5.41) is 0. The zero-order valence-corrected chi connectivity index (χ0v) is 15.6. The molecule has 0 radical (unpaired) electrons. The van der Waals surface area contributed by atoms with Crippen LogP contribution >= 0.6 is 0 Å². The molecule has 0 unspecified atom stereocenters. The van der Waals surface area contributed by atoms with Crippen LogP contribution in [-0.4, -0.2) is 17.3 Å². The molecule has 3 nitrogen and oxygen atoms in total. The molecular formula is C21H25O3-. The summed E-state index contributed by atoms with van der Waals surface area (Å²) >= 11 is 0. The third-order valence-corrected chi connectivity index (χ3v) is 2.39. The molecule has 0 aliphatic rings. The Morgan fingerprint density at radius 3 is 1.58 bits per heavy atom. The maximum absolute atomic E-state index is 11.0. The van der Waals surface area contributed by atoms with Crippen LogP contribution < -0.4 is 0 Å². The van der Waals surface area contributed by atoms with E-state index in [-0.39, 0.29) is 17.3 Å². The van der Waals surface area contributed by atoms with Gasteiger partial charge in [0.1, 0.15) is 5.78 Å². The average molecular weight is 325 g/mol. The smallest absolute Gasteiger partial charge is 0.169 e. The number of ketones is 3. The average Bonchev–Trinajstić information content (AvgIpc) is 2.50. The van der Waals surface area contributed by atoms with Crippen molar-refractivity contribution in [1.29, 1.82) is 0 Å². The summed E-state index contributed by atoms with van der Waals surface area (Å²) in [5.41, 5.74) is 1.61. The van der Waals surface area contributed by atoms with Gasteiger partial charge < -0.3 is 11.2 Å². The lowest BCUT2D eigenvalue weighted by molar-refractivity contribution is -0.117. The van der Waals surface area contributed by atoms with Crippen LogP contribution in [0, 0.1) is 36.0 Å². The fourth-order valence-corrected chi connectivity index (χ4v) is 0.758. The number of hydrogen-bond acceptors (Lipinski definition) is 3. The molecule has 0 aromatic rings. The summed E-state index contributed by atoms with van der Waals surface area (Å²) in [6, 6.07) is 0. The highest BCUT2D eigenvalue weighted by Gasteiger charge is 2.01. The van der Waals surface area contributed by atoms with Crippen LogP contribution in [0.3, 0.4) is 0 Å². The molecule has 0 heterocycles. The van der Waals surface area contributed by atoms with Crippen LogP contribution in [0.5, 0.6) is 0 Å². The van der Waals surface area contributed by atoms with Crippen molar-refractivity contribution < 1.29 is 14.4 Å². The molecule has 0 bridgehead atoms. The number of Topliss-reactive ketones (excluding diaryl/α,β-unsaturated/α-hetero) is 3. The van der Waals surface area contributed by atoms with E-state index in [1.807, 2.05) is 12.8 Å². The van der Waals surface area contributed by atoms with Crippen LogP contribution in [0.25, 0.3) is 0 Å². The van der Waals surface area contributed by atoms with Gasteiger partial charge in [-0.3, -0.25) is 15.5 Å². The normalized spacial score (nSPS) is 8.58. The Labute approximate surface area is 146 Å². The van der Waals surface area contributed by atoms with E-state index in [0.29, 0.717) is 23.1 Å². The van der Waals surface area contributed by atoms with Crippen molar-refractivity contribution in [3.63, 3.8) is 0 Å². The van der Waals surface area contributed by atoms with Crippen molar-refractivity contribution in [3.05, 3.63) is 29.7 Å². The van der Waals surface area contributed by atoms with Crippen LogP contribution in [0.4, 0.5) is 0 Å². The van der Waals surface area contributed by atoms with E-state index in [1.165, 1.54) is 13.8 Å². The lowest BCUT2D eigenvalue weighted by Gasteiger charge is -1.96. The topological polar surface area (TPSA) is 51.2 Å². The molecule has 0 aliphatic carbocycles. The van der Waals surface area contributed by atoms with Gasteiger partial charge in [0.25, 0.3) is 0 Å². The SMILES string of the molecule is C=C(C)C(C)=O.CCC(C)=O.[C-]#CC#C/C(C)=C(\C#CC)C(C)=O. The van der Waals surface area contributed by atoms with Gasteiger partial charge in [0, 0.05) is 6.42 Å². The Balaban J connectivity index is -0.000000332. The molecular weight excluding hydrogens is 300 g/mol. The van der Waals surface area contributed by atoms with Crippen molar-refractivity contribution in [1.82, 2.24) is 0 Å². The predicted molar refractivity (Wildman–Crippen MR) is 98.2 cm³/mol. The van der Waals surface area contributed by atoms with Crippen molar-refractivity contribution in [2.24, 2.45) is 0 Å². The zero-order chi connectivity index (χ0) is 19.7. The summed E-state index contributed by atoms with van der Waals surface area (Å²) < 4.78 is 0. The van der Waals surface area contributed by atoms with E-state index in [9.17, 15) is 14.4 Å². The summed E-state index contributed by atoms with van der Waals surface area (Å²) in [6.07, 6.45) is 7.25. The van der Waals surface area contributed by atoms with Gasteiger partial charge in [-0.15, -0.1) is 5.92 Å². The highest BCUT2D eigenvalue weighted by molar-refractivity contribution is 5.99. The van der Waals surface area contributed by atoms with Gasteiger partial charge in [0.2, 0.25) is 0 Å². The summed E-state index contributed by atoms with van der Waals surface area (Å²) in [4.78, 5) is 30.9. The Bertz CT molecular complexity index is 648. The molecule has 0 saturated heterocycles. The Morgan fingerprint density at radius 1 is 0.958 bits per heavy atom. The molecule has 0 amide bonds. The van der Waals surface area contributed by atoms with Crippen LogP contribution in [0.15, 0.2) is 23.3 Å². The van der Waals surface area contributed by atoms with E-state index in [2.05, 4.69) is 30.3 Å². The van der Waals surface area contributed by atoms with Gasteiger partial charge in [0.05, 0.1) is 5.57 Å². The number of rotatable bonds is 3. The molecule has 0 fully saturated rings. The van der Waals surface area contributed by atoms with Gasteiger partial charge >= 0.3 is 0 Å². The lowest BCUT2D eigenvalue weighted by Crippen LogP contribution is -1.96. The second-order valence-electron chi connectivity index (χ2n) is 4.70. The number of allylic oxidation sites excluding steroid dienone is 3. The van der Waals surface area contributed by atoms with Gasteiger partial charge in [-0.1, -0.05) is 19.4 Å². The quantitative estimate of drug-likeness (QED) is 0.452. The standard InChI is InChI=1S/C12H9O.C5H8O.C4H8O/c1-5-7-9-10(3)12(8-6-2)11(4)13;1-4(2)5(3)6;1-3-4(2)5/h2-4H3;1H2,2-3H3;3H2,1-2H3/q-1;;/b12-10+;;. The second-order valence-corrected chi connectivity index (χ2v) is 4.70. The first-order valence-corrected chi connectivity index (χ1v) is 7.28. The van der Waals surface area contributed by atoms with Gasteiger partial charge in [-0.05, 0) is 52.7 Å². The number of carbonyl (C=O) groups excluding carboxylic acids is 3.